The number of aliphatic carboxylic acids is 1. The van der Waals surface area contributed by atoms with Crippen LogP contribution in [0.4, 0.5) is 0 Å². The van der Waals surface area contributed by atoms with Crippen molar-refractivity contribution in [2.24, 2.45) is 17.8 Å². The fourth-order valence-electron chi connectivity index (χ4n) is 5.65. The Labute approximate surface area is 207 Å². The highest BCUT2D eigenvalue weighted by atomic mass is 16.6. The third kappa shape index (κ3) is 8.19. The number of carbonyl (C=O) groups is 2. The van der Waals surface area contributed by atoms with Gasteiger partial charge >= 0.3 is 11.9 Å². The van der Waals surface area contributed by atoms with Crippen molar-refractivity contribution in [3.63, 3.8) is 0 Å². The zero-order valence-electron chi connectivity index (χ0n) is 20.7. The highest BCUT2D eigenvalue weighted by molar-refractivity contribution is 5.71. The van der Waals surface area contributed by atoms with Crippen molar-refractivity contribution < 1.29 is 39.1 Å². The zero-order valence-corrected chi connectivity index (χ0v) is 20.7. The van der Waals surface area contributed by atoms with Crippen molar-refractivity contribution in [2.75, 3.05) is 26.4 Å². The van der Waals surface area contributed by atoms with Gasteiger partial charge in [-0.1, -0.05) is 38.3 Å². The van der Waals surface area contributed by atoms with Gasteiger partial charge < -0.3 is 29.5 Å². The summed E-state index contributed by atoms with van der Waals surface area (Å²) in [6, 6.07) is 5.88. The Morgan fingerprint density at radius 3 is 2.71 bits per heavy atom. The van der Waals surface area contributed by atoms with E-state index >= 15 is 0 Å². The SMILES string of the molecule is CCCCC[C@H](O)CC[C@@H]1[C@H]2Cc3cccc(OCC(=O)OCCOCC(=O)O)c3C[C@H]2C[C@H]1O. The molecular weight excluding hydrogens is 452 g/mol. The number of rotatable bonds is 15. The molecule has 1 aromatic rings. The van der Waals surface area contributed by atoms with E-state index in [4.69, 9.17) is 19.3 Å². The molecule has 8 nitrogen and oxygen atoms in total. The molecule has 0 spiro atoms. The van der Waals surface area contributed by atoms with Crippen LogP contribution in [0, 0.1) is 17.8 Å². The third-order valence-corrected chi connectivity index (χ3v) is 7.38. The van der Waals surface area contributed by atoms with Crippen LogP contribution in [0.1, 0.15) is 63.0 Å². The fraction of sp³-hybridized carbons (Fsp3) is 0.704. The Kier molecular flexibility index (Phi) is 10.8. The highest BCUT2D eigenvalue weighted by Gasteiger charge is 2.44. The number of carbonyl (C=O) groups excluding carboxylic acids is 1. The molecule has 1 saturated carbocycles. The Morgan fingerprint density at radius 1 is 1.11 bits per heavy atom. The molecule has 0 heterocycles. The van der Waals surface area contributed by atoms with Gasteiger partial charge in [0.2, 0.25) is 0 Å². The lowest BCUT2D eigenvalue weighted by molar-refractivity contribution is -0.149. The average Bonchev–Trinajstić information content (AvgIpc) is 3.13. The molecule has 196 valence electrons. The van der Waals surface area contributed by atoms with Gasteiger partial charge in [-0.3, -0.25) is 0 Å². The van der Waals surface area contributed by atoms with Gasteiger partial charge in [-0.15, -0.1) is 0 Å². The number of ether oxygens (including phenoxy) is 3. The lowest BCUT2D eigenvalue weighted by Gasteiger charge is -2.32. The predicted molar refractivity (Wildman–Crippen MR) is 129 cm³/mol. The van der Waals surface area contributed by atoms with Crippen molar-refractivity contribution in [2.45, 2.75) is 76.9 Å². The van der Waals surface area contributed by atoms with Crippen LogP contribution in [0.15, 0.2) is 18.2 Å². The number of benzene rings is 1. The maximum atomic E-state index is 12.0. The molecule has 8 heteroatoms. The van der Waals surface area contributed by atoms with E-state index in [2.05, 4.69) is 13.0 Å². The normalized spacial score (nSPS) is 23.9. The van der Waals surface area contributed by atoms with Crippen LogP contribution >= 0.6 is 0 Å². The maximum Gasteiger partial charge on any atom is 0.344 e. The minimum absolute atomic E-state index is 0.0150. The van der Waals surface area contributed by atoms with Crippen LogP contribution in [0.2, 0.25) is 0 Å². The van der Waals surface area contributed by atoms with E-state index < -0.39 is 18.5 Å². The van der Waals surface area contributed by atoms with Crippen LogP contribution in [-0.2, 0) is 31.9 Å². The quantitative estimate of drug-likeness (QED) is 0.252. The number of aliphatic hydroxyl groups excluding tert-OH is 2. The molecule has 1 aromatic carbocycles. The molecule has 2 aliphatic rings. The Bertz CT molecular complexity index is 825. The molecule has 0 aromatic heterocycles. The summed E-state index contributed by atoms with van der Waals surface area (Å²) in [4.78, 5) is 22.4. The molecule has 0 aliphatic heterocycles. The van der Waals surface area contributed by atoms with E-state index in [1.54, 1.807) is 0 Å². The van der Waals surface area contributed by atoms with E-state index in [-0.39, 0.29) is 37.9 Å². The van der Waals surface area contributed by atoms with Gasteiger partial charge in [-0.05, 0) is 73.5 Å². The predicted octanol–water partition coefficient (Wildman–Crippen LogP) is 3.14. The average molecular weight is 493 g/mol. The van der Waals surface area contributed by atoms with Gasteiger partial charge in [0.05, 0.1) is 18.8 Å². The summed E-state index contributed by atoms with van der Waals surface area (Å²) in [5.74, 6) is 0.0243. The second kappa shape index (κ2) is 13.8. The Morgan fingerprint density at radius 2 is 1.94 bits per heavy atom. The van der Waals surface area contributed by atoms with E-state index in [1.807, 2.05) is 12.1 Å². The van der Waals surface area contributed by atoms with Crippen molar-refractivity contribution in [1.82, 2.24) is 0 Å². The summed E-state index contributed by atoms with van der Waals surface area (Å²) in [7, 11) is 0. The number of carboxylic acids is 1. The lowest BCUT2D eigenvalue weighted by atomic mass is 9.73. The van der Waals surface area contributed by atoms with E-state index in [0.717, 1.165) is 63.4 Å². The van der Waals surface area contributed by atoms with Crippen LogP contribution in [0.5, 0.6) is 5.75 Å². The number of hydrogen-bond acceptors (Lipinski definition) is 7. The maximum absolute atomic E-state index is 12.0. The summed E-state index contributed by atoms with van der Waals surface area (Å²) < 4.78 is 15.7. The Balaban J connectivity index is 1.50. The number of carboxylic acid groups (broad SMARTS) is 1. The number of esters is 1. The van der Waals surface area contributed by atoms with Gasteiger partial charge in [-0.2, -0.15) is 0 Å². The molecule has 0 bridgehead atoms. The number of fused-ring (bicyclic) bond motifs is 2. The van der Waals surface area contributed by atoms with E-state index in [9.17, 15) is 19.8 Å². The summed E-state index contributed by atoms with van der Waals surface area (Å²) >= 11 is 0. The van der Waals surface area contributed by atoms with Crippen molar-refractivity contribution in [3.05, 3.63) is 29.3 Å². The first kappa shape index (κ1) is 27.4. The standard InChI is InChI=1S/C27H40O8/c1-2-3-4-7-20(28)9-10-21-22-13-18-6-5-8-25(23(18)14-19(22)15-24(21)29)35-17-27(32)34-12-11-33-16-26(30)31/h5-6,8,19-22,24,28-29H,2-4,7,9-17H2,1H3,(H,30,31)/t19-,20-,21+,22-,24+/m0/s1. The highest BCUT2D eigenvalue weighted by Crippen LogP contribution is 2.48. The van der Waals surface area contributed by atoms with Gasteiger partial charge in [0.25, 0.3) is 0 Å². The molecule has 1 fully saturated rings. The summed E-state index contributed by atoms with van der Waals surface area (Å²) in [5.41, 5.74) is 2.29. The third-order valence-electron chi connectivity index (χ3n) is 7.38. The molecule has 35 heavy (non-hydrogen) atoms. The fourth-order valence-corrected chi connectivity index (χ4v) is 5.65. The largest absolute Gasteiger partial charge is 0.482 e. The summed E-state index contributed by atoms with van der Waals surface area (Å²) in [6.45, 7) is 1.49. The van der Waals surface area contributed by atoms with Crippen LogP contribution < -0.4 is 4.74 Å². The molecule has 0 saturated heterocycles. The lowest BCUT2D eigenvalue weighted by Crippen LogP contribution is -2.28. The monoisotopic (exact) mass is 492 g/mol. The molecule has 0 amide bonds. The number of unbranched alkanes of at least 4 members (excludes halogenated alkanes) is 2. The molecule has 5 atom stereocenters. The molecular formula is C27H40O8. The van der Waals surface area contributed by atoms with Crippen molar-refractivity contribution in [1.29, 1.82) is 0 Å². The molecule has 3 rings (SSSR count). The first-order valence-electron chi connectivity index (χ1n) is 12.9. The summed E-state index contributed by atoms with van der Waals surface area (Å²) in [6.07, 6.45) is 7.59. The van der Waals surface area contributed by atoms with Crippen LogP contribution in [0.3, 0.4) is 0 Å². The number of aliphatic hydroxyl groups is 2. The van der Waals surface area contributed by atoms with Gasteiger partial charge in [-0.25, -0.2) is 9.59 Å². The van der Waals surface area contributed by atoms with Crippen molar-refractivity contribution in [3.8, 4) is 5.75 Å². The second-order valence-electron chi connectivity index (χ2n) is 9.88. The zero-order chi connectivity index (χ0) is 25.2. The summed E-state index contributed by atoms with van der Waals surface area (Å²) in [5, 5.41) is 29.7. The van der Waals surface area contributed by atoms with Gasteiger partial charge in [0.15, 0.2) is 6.61 Å². The van der Waals surface area contributed by atoms with Gasteiger partial charge in [0, 0.05) is 0 Å². The molecule has 0 radical (unpaired) electrons. The smallest absolute Gasteiger partial charge is 0.344 e. The van der Waals surface area contributed by atoms with E-state index in [0.29, 0.717) is 17.6 Å². The molecule has 2 aliphatic carbocycles. The molecule has 3 N–H and O–H groups in total. The first-order chi connectivity index (χ1) is 16.9. The van der Waals surface area contributed by atoms with Crippen LogP contribution in [0.25, 0.3) is 0 Å². The van der Waals surface area contributed by atoms with Crippen molar-refractivity contribution >= 4 is 11.9 Å². The van der Waals surface area contributed by atoms with Crippen LogP contribution in [-0.4, -0.2) is 65.9 Å². The van der Waals surface area contributed by atoms with Gasteiger partial charge in [0.1, 0.15) is 19.0 Å². The minimum atomic E-state index is -1.07. The number of hydrogen-bond donors (Lipinski definition) is 3. The minimum Gasteiger partial charge on any atom is -0.482 e. The first-order valence-corrected chi connectivity index (χ1v) is 12.9. The van der Waals surface area contributed by atoms with E-state index in [1.165, 1.54) is 5.56 Å². The Hall–Kier alpha value is -2.16. The molecule has 0 unspecified atom stereocenters. The second-order valence-corrected chi connectivity index (χ2v) is 9.88. The topological polar surface area (TPSA) is 123 Å².